The third-order valence-electron chi connectivity index (χ3n) is 4.13. The van der Waals surface area contributed by atoms with Crippen molar-refractivity contribution in [2.45, 2.75) is 51.2 Å². The molecular formula is C14H21N5O2. The van der Waals surface area contributed by atoms with Crippen LogP contribution in [0.3, 0.4) is 0 Å². The maximum absolute atomic E-state index is 12.7. The van der Waals surface area contributed by atoms with Gasteiger partial charge in [0.1, 0.15) is 17.8 Å². The van der Waals surface area contributed by atoms with E-state index in [1.165, 1.54) is 0 Å². The standard InChI is InChI=1S/C14H21N5O2/c1-3-4-11-14(21)19(8-10-7-18(2)17-16-10)12(9-5-6-9)13(20)15-11/h7,9,11-12H,3-6,8H2,1-2H3,(H,15,20). The zero-order valence-corrected chi connectivity index (χ0v) is 12.5. The van der Waals surface area contributed by atoms with Gasteiger partial charge in [-0.3, -0.25) is 14.3 Å². The molecule has 0 spiro atoms. The van der Waals surface area contributed by atoms with Gasteiger partial charge in [-0.1, -0.05) is 18.6 Å². The largest absolute Gasteiger partial charge is 0.342 e. The molecule has 2 fully saturated rings. The summed E-state index contributed by atoms with van der Waals surface area (Å²) in [5.41, 5.74) is 0.724. The Kier molecular flexibility index (Phi) is 3.65. The van der Waals surface area contributed by atoms with E-state index in [2.05, 4.69) is 15.6 Å². The van der Waals surface area contributed by atoms with E-state index in [4.69, 9.17) is 0 Å². The van der Waals surface area contributed by atoms with Crippen molar-refractivity contribution in [3.05, 3.63) is 11.9 Å². The maximum atomic E-state index is 12.7. The summed E-state index contributed by atoms with van der Waals surface area (Å²) in [6.07, 6.45) is 5.36. The van der Waals surface area contributed by atoms with Gasteiger partial charge in [0, 0.05) is 13.2 Å². The average molecular weight is 291 g/mol. The summed E-state index contributed by atoms with van der Waals surface area (Å²) >= 11 is 0. The predicted octanol–water partition coefficient (Wildman–Crippen LogP) is 0.221. The first kappa shape index (κ1) is 14.0. The van der Waals surface area contributed by atoms with E-state index >= 15 is 0 Å². The first-order valence-corrected chi connectivity index (χ1v) is 7.56. The van der Waals surface area contributed by atoms with E-state index in [0.29, 0.717) is 18.9 Å². The Hall–Kier alpha value is -1.92. The minimum Gasteiger partial charge on any atom is -0.342 e. The zero-order chi connectivity index (χ0) is 15.0. The lowest BCUT2D eigenvalue weighted by Crippen LogP contribution is -2.63. The normalized spacial score (nSPS) is 26.1. The molecule has 7 heteroatoms. The molecule has 1 aliphatic carbocycles. The Labute approximate surface area is 123 Å². The van der Waals surface area contributed by atoms with Crippen LogP contribution in [0, 0.1) is 5.92 Å². The van der Waals surface area contributed by atoms with E-state index in [1.54, 1.807) is 22.8 Å². The van der Waals surface area contributed by atoms with Crippen molar-refractivity contribution in [1.82, 2.24) is 25.2 Å². The summed E-state index contributed by atoms with van der Waals surface area (Å²) in [7, 11) is 1.79. The molecule has 1 aromatic heterocycles. The molecule has 2 unspecified atom stereocenters. The monoisotopic (exact) mass is 291 g/mol. The molecular weight excluding hydrogens is 270 g/mol. The number of nitrogens with zero attached hydrogens (tertiary/aromatic N) is 4. The van der Waals surface area contributed by atoms with Gasteiger partial charge in [0.05, 0.1) is 6.54 Å². The molecule has 1 aliphatic heterocycles. The van der Waals surface area contributed by atoms with E-state index in [9.17, 15) is 9.59 Å². The Bertz CT molecular complexity index is 551. The van der Waals surface area contributed by atoms with Gasteiger partial charge in [0.25, 0.3) is 0 Å². The van der Waals surface area contributed by atoms with Crippen LogP contribution in [0.4, 0.5) is 0 Å². The van der Waals surface area contributed by atoms with Crippen LogP contribution in [-0.2, 0) is 23.2 Å². The maximum Gasteiger partial charge on any atom is 0.246 e. The number of aryl methyl sites for hydroxylation is 1. The second-order valence-corrected chi connectivity index (χ2v) is 5.98. The molecule has 7 nitrogen and oxygen atoms in total. The van der Waals surface area contributed by atoms with Gasteiger partial charge in [0.15, 0.2) is 0 Å². The fourth-order valence-corrected chi connectivity index (χ4v) is 2.98. The summed E-state index contributed by atoms with van der Waals surface area (Å²) in [6.45, 7) is 2.38. The Balaban J connectivity index is 1.83. The summed E-state index contributed by atoms with van der Waals surface area (Å²) < 4.78 is 1.61. The van der Waals surface area contributed by atoms with Crippen molar-refractivity contribution in [3.8, 4) is 0 Å². The van der Waals surface area contributed by atoms with Crippen LogP contribution in [0.25, 0.3) is 0 Å². The molecule has 2 aliphatic rings. The number of amides is 2. The highest BCUT2D eigenvalue weighted by Gasteiger charge is 2.47. The molecule has 21 heavy (non-hydrogen) atoms. The van der Waals surface area contributed by atoms with Gasteiger partial charge in [0.2, 0.25) is 11.8 Å². The SMILES string of the molecule is CCCC1NC(=O)C(C2CC2)N(Cc2cn(C)nn2)C1=O. The molecule has 1 N–H and O–H groups in total. The first-order chi connectivity index (χ1) is 10.1. The molecule has 2 atom stereocenters. The second kappa shape index (κ2) is 5.46. The van der Waals surface area contributed by atoms with Crippen LogP contribution in [-0.4, -0.2) is 43.8 Å². The second-order valence-electron chi connectivity index (χ2n) is 5.98. The van der Waals surface area contributed by atoms with Crippen LogP contribution in [0.1, 0.15) is 38.3 Å². The van der Waals surface area contributed by atoms with Crippen LogP contribution in [0.15, 0.2) is 6.20 Å². The van der Waals surface area contributed by atoms with Crippen LogP contribution in [0.2, 0.25) is 0 Å². The number of nitrogens with one attached hydrogen (secondary N) is 1. The minimum atomic E-state index is -0.394. The molecule has 0 aromatic carbocycles. The van der Waals surface area contributed by atoms with E-state index in [-0.39, 0.29) is 17.9 Å². The first-order valence-electron chi connectivity index (χ1n) is 7.56. The molecule has 1 saturated carbocycles. The van der Waals surface area contributed by atoms with Gasteiger partial charge < -0.3 is 10.2 Å². The molecule has 2 heterocycles. The van der Waals surface area contributed by atoms with E-state index in [0.717, 1.165) is 25.0 Å². The Morgan fingerprint density at radius 3 is 2.71 bits per heavy atom. The highest BCUT2D eigenvalue weighted by Crippen LogP contribution is 2.37. The lowest BCUT2D eigenvalue weighted by atomic mass is 10.0. The van der Waals surface area contributed by atoms with Gasteiger partial charge in [-0.2, -0.15) is 0 Å². The number of carbonyl (C=O) groups is 2. The topological polar surface area (TPSA) is 80.1 Å². The lowest BCUT2D eigenvalue weighted by Gasteiger charge is -2.38. The molecule has 114 valence electrons. The molecule has 1 aromatic rings. The third kappa shape index (κ3) is 2.77. The van der Waals surface area contributed by atoms with Gasteiger partial charge in [-0.25, -0.2) is 0 Å². The Morgan fingerprint density at radius 1 is 1.38 bits per heavy atom. The average Bonchev–Trinajstić information content (AvgIpc) is 3.18. The van der Waals surface area contributed by atoms with Crippen LogP contribution >= 0.6 is 0 Å². The number of hydrogen-bond donors (Lipinski definition) is 1. The molecule has 0 radical (unpaired) electrons. The fraction of sp³-hybridized carbons (Fsp3) is 0.714. The highest BCUT2D eigenvalue weighted by atomic mass is 16.2. The summed E-state index contributed by atoms with van der Waals surface area (Å²) in [4.78, 5) is 26.7. The number of piperazine rings is 1. The lowest BCUT2D eigenvalue weighted by molar-refractivity contribution is -0.151. The van der Waals surface area contributed by atoms with Gasteiger partial charge in [-0.15, -0.1) is 5.10 Å². The predicted molar refractivity (Wildman–Crippen MR) is 74.9 cm³/mol. The number of rotatable bonds is 5. The van der Waals surface area contributed by atoms with Crippen molar-refractivity contribution < 1.29 is 9.59 Å². The molecule has 1 saturated heterocycles. The van der Waals surface area contributed by atoms with Crippen molar-refractivity contribution in [1.29, 1.82) is 0 Å². The van der Waals surface area contributed by atoms with Gasteiger partial charge >= 0.3 is 0 Å². The van der Waals surface area contributed by atoms with Crippen LogP contribution in [0.5, 0.6) is 0 Å². The fourth-order valence-electron chi connectivity index (χ4n) is 2.98. The summed E-state index contributed by atoms with van der Waals surface area (Å²) in [5.74, 6) is 0.298. The molecule has 3 rings (SSSR count). The minimum absolute atomic E-state index is 0.0130. The van der Waals surface area contributed by atoms with Crippen molar-refractivity contribution >= 4 is 11.8 Å². The van der Waals surface area contributed by atoms with Gasteiger partial charge in [-0.05, 0) is 25.2 Å². The van der Waals surface area contributed by atoms with E-state index in [1.807, 2.05) is 6.92 Å². The van der Waals surface area contributed by atoms with E-state index < -0.39 is 6.04 Å². The third-order valence-corrected chi connectivity index (χ3v) is 4.13. The highest BCUT2D eigenvalue weighted by molar-refractivity contribution is 5.97. The quantitative estimate of drug-likeness (QED) is 0.841. The van der Waals surface area contributed by atoms with Crippen molar-refractivity contribution in [2.75, 3.05) is 0 Å². The Morgan fingerprint density at radius 2 is 2.14 bits per heavy atom. The smallest absolute Gasteiger partial charge is 0.246 e. The summed E-state index contributed by atoms with van der Waals surface area (Å²) in [6, 6.07) is -0.734. The molecule has 2 amide bonds. The number of carbonyl (C=O) groups excluding carboxylic acids is 2. The number of aromatic nitrogens is 3. The number of hydrogen-bond acceptors (Lipinski definition) is 4. The zero-order valence-electron chi connectivity index (χ0n) is 12.5. The van der Waals surface area contributed by atoms with Crippen molar-refractivity contribution in [3.63, 3.8) is 0 Å². The van der Waals surface area contributed by atoms with Crippen LogP contribution < -0.4 is 5.32 Å². The van der Waals surface area contributed by atoms with Crippen molar-refractivity contribution in [2.24, 2.45) is 13.0 Å². The molecule has 0 bridgehead atoms. The summed E-state index contributed by atoms with van der Waals surface area (Å²) in [5, 5.41) is 10.8.